The molecule has 0 spiro atoms. The number of nitrogens with one attached hydrogen (secondary N) is 1. The molecule has 6 nitrogen and oxygen atoms in total. The highest BCUT2D eigenvalue weighted by Gasteiger charge is 2.25. The third-order valence-electron chi connectivity index (χ3n) is 3.35. The van der Waals surface area contributed by atoms with Crippen molar-refractivity contribution in [3.63, 3.8) is 0 Å². The van der Waals surface area contributed by atoms with Crippen molar-refractivity contribution in [2.24, 2.45) is 11.7 Å². The summed E-state index contributed by atoms with van der Waals surface area (Å²) in [7, 11) is 0. The van der Waals surface area contributed by atoms with Gasteiger partial charge < -0.3 is 20.9 Å². The number of benzene rings is 1. The van der Waals surface area contributed by atoms with Gasteiger partial charge >= 0.3 is 11.9 Å². The molecule has 1 heterocycles. The van der Waals surface area contributed by atoms with E-state index >= 15 is 0 Å². The standard InChI is InChI=1S/C14H16N2O4/c15-11(14(19)20)6-8(13(17)18)5-9-7-16-12-4-2-1-3-10(9)12/h1-4,7-8,11,16H,5-6,15H2,(H,17,18)(H,19,20)/t8-,11-/m1/s1. The smallest absolute Gasteiger partial charge is 0.320 e. The van der Waals surface area contributed by atoms with Crippen molar-refractivity contribution in [2.45, 2.75) is 18.9 Å². The van der Waals surface area contributed by atoms with Gasteiger partial charge in [-0.25, -0.2) is 0 Å². The first-order chi connectivity index (χ1) is 9.49. The van der Waals surface area contributed by atoms with E-state index in [-0.39, 0.29) is 12.8 Å². The lowest BCUT2D eigenvalue weighted by atomic mass is 9.93. The minimum Gasteiger partial charge on any atom is -0.481 e. The quantitative estimate of drug-likeness (QED) is 0.633. The molecule has 0 radical (unpaired) electrons. The largest absolute Gasteiger partial charge is 0.481 e. The van der Waals surface area contributed by atoms with Gasteiger partial charge in [-0.2, -0.15) is 0 Å². The van der Waals surface area contributed by atoms with Crippen molar-refractivity contribution in [3.8, 4) is 0 Å². The molecular weight excluding hydrogens is 260 g/mol. The third-order valence-corrected chi connectivity index (χ3v) is 3.35. The van der Waals surface area contributed by atoms with Crippen LogP contribution in [-0.4, -0.2) is 33.2 Å². The van der Waals surface area contributed by atoms with Crippen LogP contribution in [0.5, 0.6) is 0 Å². The van der Waals surface area contributed by atoms with Gasteiger partial charge in [0, 0.05) is 17.1 Å². The van der Waals surface area contributed by atoms with Crippen molar-refractivity contribution >= 4 is 22.8 Å². The normalized spacial score (nSPS) is 14.1. The summed E-state index contributed by atoms with van der Waals surface area (Å²) < 4.78 is 0. The maximum absolute atomic E-state index is 11.3. The number of aromatic amines is 1. The average molecular weight is 276 g/mol. The Morgan fingerprint density at radius 2 is 1.90 bits per heavy atom. The first-order valence-corrected chi connectivity index (χ1v) is 6.25. The molecule has 106 valence electrons. The highest BCUT2D eigenvalue weighted by Crippen LogP contribution is 2.22. The van der Waals surface area contributed by atoms with Crippen LogP contribution < -0.4 is 5.73 Å². The highest BCUT2D eigenvalue weighted by molar-refractivity contribution is 5.84. The molecule has 0 aliphatic carbocycles. The Balaban J connectivity index is 2.20. The fourth-order valence-electron chi connectivity index (χ4n) is 2.24. The minimum atomic E-state index is -1.19. The third kappa shape index (κ3) is 2.97. The maximum atomic E-state index is 11.3. The lowest BCUT2D eigenvalue weighted by Crippen LogP contribution is -2.35. The van der Waals surface area contributed by atoms with Crippen LogP contribution in [0.2, 0.25) is 0 Å². The van der Waals surface area contributed by atoms with Crippen LogP contribution >= 0.6 is 0 Å². The fraction of sp³-hybridized carbons (Fsp3) is 0.286. The zero-order valence-corrected chi connectivity index (χ0v) is 10.7. The topological polar surface area (TPSA) is 116 Å². The molecule has 0 aliphatic heterocycles. The lowest BCUT2D eigenvalue weighted by Gasteiger charge is -2.14. The molecule has 0 bridgehead atoms. The van der Waals surface area contributed by atoms with Crippen LogP contribution in [0.1, 0.15) is 12.0 Å². The summed E-state index contributed by atoms with van der Waals surface area (Å²) >= 11 is 0. The van der Waals surface area contributed by atoms with Gasteiger partial charge in [-0.3, -0.25) is 9.59 Å². The van der Waals surface area contributed by atoms with E-state index in [2.05, 4.69) is 4.98 Å². The van der Waals surface area contributed by atoms with E-state index in [1.165, 1.54) is 0 Å². The van der Waals surface area contributed by atoms with Crippen LogP contribution in [-0.2, 0) is 16.0 Å². The fourth-order valence-corrected chi connectivity index (χ4v) is 2.24. The second kappa shape index (κ2) is 5.75. The van der Waals surface area contributed by atoms with Crippen molar-refractivity contribution in [2.75, 3.05) is 0 Å². The second-order valence-electron chi connectivity index (χ2n) is 4.78. The Morgan fingerprint density at radius 3 is 2.55 bits per heavy atom. The predicted molar refractivity (Wildman–Crippen MR) is 73.4 cm³/mol. The molecule has 2 rings (SSSR count). The molecule has 0 saturated heterocycles. The van der Waals surface area contributed by atoms with E-state index in [1.807, 2.05) is 24.3 Å². The molecule has 5 N–H and O–H groups in total. The molecule has 20 heavy (non-hydrogen) atoms. The van der Waals surface area contributed by atoms with E-state index in [4.69, 9.17) is 10.8 Å². The summed E-state index contributed by atoms with van der Waals surface area (Å²) in [6.07, 6.45) is 1.91. The summed E-state index contributed by atoms with van der Waals surface area (Å²) in [6, 6.07) is 6.39. The van der Waals surface area contributed by atoms with Crippen molar-refractivity contribution < 1.29 is 19.8 Å². The van der Waals surface area contributed by atoms with Crippen LogP contribution in [0, 0.1) is 5.92 Å². The van der Waals surface area contributed by atoms with Gasteiger partial charge in [0.05, 0.1) is 5.92 Å². The first kappa shape index (κ1) is 14.1. The number of rotatable bonds is 6. The summed E-state index contributed by atoms with van der Waals surface area (Å²) in [4.78, 5) is 25.1. The van der Waals surface area contributed by atoms with E-state index in [1.54, 1.807) is 6.20 Å². The SMILES string of the molecule is N[C@H](C[C@@H](Cc1c[nH]c2ccccc12)C(=O)O)C(=O)O. The number of para-hydroxylation sites is 1. The van der Waals surface area contributed by atoms with E-state index in [9.17, 15) is 14.7 Å². The second-order valence-corrected chi connectivity index (χ2v) is 4.78. The van der Waals surface area contributed by atoms with Gasteiger partial charge in [-0.05, 0) is 24.5 Å². The molecule has 0 aliphatic rings. The molecule has 1 aromatic carbocycles. The van der Waals surface area contributed by atoms with Crippen LogP contribution in [0.4, 0.5) is 0 Å². The van der Waals surface area contributed by atoms with Gasteiger partial charge in [0.2, 0.25) is 0 Å². The Kier molecular flexibility index (Phi) is 4.05. The molecule has 6 heteroatoms. The van der Waals surface area contributed by atoms with Crippen molar-refractivity contribution in [3.05, 3.63) is 36.0 Å². The van der Waals surface area contributed by atoms with Crippen molar-refractivity contribution in [1.82, 2.24) is 4.98 Å². The van der Waals surface area contributed by atoms with Gasteiger partial charge in [-0.15, -0.1) is 0 Å². The van der Waals surface area contributed by atoms with E-state index in [0.717, 1.165) is 16.5 Å². The number of hydrogen-bond acceptors (Lipinski definition) is 3. The molecule has 1 aromatic heterocycles. The summed E-state index contributed by atoms with van der Waals surface area (Å²) in [5.41, 5.74) is 7.20. The lowest BCUT2D eigenvalue weighted by molar-refractivity contribution is -0.143. The first-order valence-electron chi connectivity index (χ1n) is 6.25. The molecule has 0 fully saturated rings. The Labute approximate surface area is 115 Å². The van der Waals surface area contributed by atoms with E-state index in [0.29, 0.717) is 0 Å². The number of carbonyl (C=O) groups is 2. The summed E-state index contributed by atoms with van der Waals surface area (Å²) in [5, 5.41) is 18.9. The zero-order valence-electron chi connectivity index (χ0n) is 10.7. The van der Waals surface area contributed by atoms with Gasteiger partial charge in [0.25, 0.3) is 0 Å². The van der Waals surface area contributed by atoms with Crippen LogP contribution in [0.15, 0.2) is 30.5 Å². The Bertz CT molecular complexity index is 635. The monoisotopic (exact) mass is 276 g/mol. The number of H-pyrrole nitrogens is 1. The number of aliphatic carboxylic acids is 2. The van der Waals surface area contributed by atoms with Gasteiger partial charge in [0.1, 0.15) is 6.04 Å². The zero-order chi connectivity index (χ0) is 14.7. The molecule has 0 amide bonds. The maximum Gasteiger partial charge on any atom is 0.320 e. The number of fused-ring (bicyclic) bond motifs is 1. The van der Waals surface area contributed by atoms with Gasteiger partial charge in [-0.1, -0.05) is 18.2 Å². The molecule has 0 saturated carbocycles. The Hall–Kier alpha value is -2.34. The van der Waals surface area contributed by atoms with Crippen LogP contribution in [0.3, 0.4) is 0 Å². The van der Waals surface area contributed by atoms with Gasteiger partial charge in [0.15, 0.2) is 0 Å². The average Bonchev–Trinajstić information content (AvgIpc) is 2.81. The molecule has 2 aromatic rings. The Morgan fingerprint density at radius 1 is 1.20 bits per heavy atom. The summed E-state index contributed by atoms with van der Waals surface area (Å²) in [5.74, 6) is -3.04. The van der Waals surface area contributed by atoms with E-state index < -0.39 is 23.9 Å². The number of hydrogen-bond donors (Lipinski definition) is 4. The predicted octanol–water partition coefficient (Wildman–Crippen LogP) is 1.21. The molecule has 0 unspecified atom stereocenters. The number of aromatic nitrogens is 1. The molecule has 2 atom stereocenters. The number of nitrogens with two attached hydrogens (primary N) is 1. The summed E-state index contributed by atoms with van der Waals surface area (Å²) in [6.45, 7) is 0. The van der Waals surface area contributed by atoms with Crippen LogP contribution in [0.25, 0.3) is 10.9 Å². The molecular formula is C14H16N2O4. The highest BCUT2D eigenvalue weighted by atomic mass is 16.4. The number of carboxylic acids is 2. The number of carboxylic acid groups (broad SMARTS) is 2. The minimum absolute atomic E-state index is 0.0931. The van der Waals surface area contributed by atoms with Crippen molar-refractivity contribution in [1.29, 1.82) is 0 Å².